The summed E-state index contributed by atoms with van der Waals surface area (Å²) in [4.78, 5) is 0. The second-order valence-electron chi connectivity index (χ2n) is 2.81. The van der Waals surface area contributed by atoms with E-state index in [0.717, 1.165) is 18.4 Å². The maximum atomic E-state index is 12.7. The van der Waals surface area contributed by atoms with E-state index in [2.05, 4.69) is 0 Å². The topological polar surface area (TPSA) is 52.0 Å². The second kappa shape index (κ2) is 3.43. The van der Waals surface area contributed by atoms with Crippen LogP contribution in [0.15, 0.2) is 12.1 Å². The lowest BCUT2D eigenvalue weighted by molar-refractivity contribution is 0.628. The van der Waals surface area contributed by atoms with Crippen LogP contribution < -0.4 is 11.5 Å². The summed E-state index contributed by atoms with van der Waals surface area (Å²) in [5.74, 6) is -0.371. The molecule has 0 aromatic heterocycles. The van der Waals surface area contributed by atoms with Gasteiger partial charge in [0.15, 0.2) is 0 Å². The highest BCUT2D eigenvalue weighted by molar-refractivity contribution is 5.61. The smallest absolute Gasteiger partial charge is 0.127 e. The average molecular weight is 168 g/mol. The quantitative estimate of drug-likeness (QED) is 0.663. The maximum absolute atomic E-state index is 12.7. The number of rotatable bonds is 2. The van der Waals surface area contributed by atoms with Gasteiger partial charge in [-0.15, -0.1) is 0 Å². The number of hydrogen-bond acceptors (Lipinski definition) is 2. The molecule has 1 aromatic rings. The molecule has 0 saturated carbocycles. The first-order chi connectivity index (χ1) is 5.65. The molecule has 4 N–H and O–H groups in total. The van der Waals surface area contributed by atoms with Crippen molar-refractivity contribution in [3.05, 3.63) is 23.5 Å². The fraction of sp³-hybridized carbons (Fsp3) is 0.333. The molecular weight excluding hydrogens is 155 g/mol. The molecule has 0 saturated heterocycles. The molecule has 0 aliphatic rings. The maximum Gasteiger partial charge on any atom is 0.127 e. The van der Waals surface area contributed by atoms with E-state index in [1.165, 1.54) is 12.1 Å². The van der Waals surface area contributed by atoms with Crippen LogP contribution >= 0.6 is 0 Å². The SMILES string of the molecule is CCCc1c(N)cc(F)cc1N. The minimum atomic E-state index is -0.371. The van der Waals surface area contributed by atoms with Crippen LogP contribution in [0.4, 0.5) is 15.8 Å². The Hall–Kier alpha value is -1.25. The van der Waals surface area contributed by atoms with Crippen molar-refractivity contribution in [3.63, 3.8) is 0 Å². The van der Waals surface area contributed by atoms with Crippen LogP contribution in [0.25, 0.3) is 0 Å². The fourth-order valence-corrected chi connectivity index (χ4v) is 1.22. The molecule has 1 aromatic carbocycles. The Bertz CT molecular complexity index is 261. The standard InChI is InChI=1S/C9H13FN2/c1-2-3-7-8(11)4-6(10)5-9(7)12/h4-5H,2-3,11-12H2,1H3. The first-order valence-electron chi connectivity index (χ1n) is 3.98. The van der Waals surface area contributed by atoms with Gasteiger partial charge in [-0.05, 0) is 24.1 Å². The van der Waals surface area contributed by atoms with E-state index in [-0.39, 0.29) is 5.82 Å². The second-order valence-corrected chi connectivity index (χ2v) is 2.81. The number of benzene rings is 1. The largest absolute Gasteiger partial charge is 0.398 e. The van der Waals surface area contributed by atoms with Gasteiger partial charge in [0, 0.05) is 11.4 Å². The van der Waals surface area contributed by atoms with E-state index in [4.69, 9.17) is 11.5 Å². The molecule has 0 amide bonds. The predicted molar refractivity (Wildman–Crippen MR) is 49.2 cm³/mol. The number of anilines is 2. The van der Waals surface area contributed by atoms with Gasteiger partial charge in [0.25, 0.3) is 0 Å². The Balaban J connectivity index is 3.10. The number of nitrogens with two attached hydrogens (primary N) is 2. The highest BCUT2D eigenvalue weighted by atomic mass is 19.1. The van der Waals surface area contributed by atoms with Crippen LogP contribution in [0.3, 0.4) is 0 Å². The first-order valence-corrected chi connectivity index (χ1v) is 3.98. The Labute approximate surface area is 71.4 Å². The van der Waals surface area contributed by atoms with Crippen molar-refractivity contribution in [3.8, 4) is 0 Å². The molecule has 0 fully saturated rings. The zero-order valence-electron chi connectivity index (χ0n) is 7.10. The highest BCUT2D eigenvalue weighted by Gasteiger charge is 2.04. The summed E-state index contributed by atoms with van der Waals surface area (Å²) in [7, 11) is 0. The zero-order chi connectivity index (χ0) is 9.14. The molecule has 1 rings (SSSR count). The van der Waals surface area contributed by atoms with E-state index in [1.54, 1.807) is 0 Å². The van der Waals surface area contributed by atoms with Gasteiger partial charge in [-0.1, -0.05) is 13.3 Å². The summed E-state index contributed by atoms with van der Waals surface area (Å²) in [6.07, 6.45) is 1.76. The zero-order valence-corrected chi connectivity index (χ0v) is 7.10. The van der Waals surface area contributed by atoms with E-state index in [9.17, 15) is 4.39 Å². The van der Waals surface area contributed by atoms with Crippen molar-refractivity contribution in [2.24, 2.45) is 0 Å². The van der Waals surface area contributed by atoms with Crippen LogP contribution in [0.1, 0.15) is 18.9 Å². The predicted octanol–water partition coefficient (Wildman–Crippen LogP) is 1.94. The van der Waals surface area contributed by atoms with Crippen molar-refractivity contribution in [2.75, 3.05) is 11.5 Å². The Kier molecular flexibility index (Phi) is 2.53. The normalized spacial score (nSPS) is 10.2. The van der Waals surface area contributed by atoms with Crippen molar-refractivity contribution < 1.29 is 4.39 Å². The third-order valence-electron chi connectivity index (χ3n) is 1.78. The highest BCUT2D eigenvalue weighted by Crippen LogP contribution is 2.22. The van der Waals surface area contributed by atoms with Gasteiger partial charge in [0.1, 0.15) is 5.82 Å². The van der Waals surface area contributed by atoms with Crippen molar-refractivity contribution in [1.29, 1.82) is 0 Å². The van der Waals surface area contributed by atoms with Gasteiger partial charge >= 0.3 is 0 Å². The number of halogens is 1. The van der Waals surface area contributed by atoms with Crippen molar-refractivity contribution in [2.45, 2.75) is 19.8 Å². The van der Waals surface area contributed by atoms with Crippen LogP contribution in [0.5, 0.6) is 0 Å². The summed E-state index contributed by atoms with van der Waals surface area (Å²) in [6, 6.07) is 2.61. The third-order valence-corrected chi connectivity index (χ3v) is 1.78. The summed E-state index contributed by atoms with van der Waals surface area (Å²) in [6.45, 7) is 2.03. The van der Waals surface area contributed by atoms with Crippen LogP contribution in [0, 0.1) is 5.82 Å². The van der Waals surface area contributed by atoms with Gasteiger partial charge in [0.2, 0.25) is 0 Å². The number of nitrogen functional groups attached to an aromatic ring is 2. The minimum Gasteiger partial charge on any atom is -0.398 e. The molecule has 0 atom stereocenters. The van der Waals surface area contributed by atoms with Gasteiger partial charge in [-0.3, -0.25) is 0 Å². The van der Waals surface area contributed by atoms with Crippen molar-refractivity contribution >= 4 is 11.4 Å². The lowest BCUT2D eigenvalue weighted by Crippen LogP contribution is -2.01. The molecule has 0 heterocycles. The van der Waals surface area contributed by atoms with Crippen LogP contribution in [0.2, 0.25) is 0 Å². The number of hydrogen-bond donors (Lipinski definition) is 2. The molecule has 0 unspecified atom stereocenters. The minimum absolute atomic E-state index is 0.371. The molecule has 2 nitrogen and oxygen atoms in total. The molecule has 12 heavy (non-hydrogen) atoms. The summed E-state index contributed by atoms with van der Waals surface area (Å²) in [5.41, 5.74) is 12.9. The van der Waals surface area contributed by atoms with Gasteiger partial charge in [0.05, 0.1) is 0 Å². The van der Waals surface area contributed by atoms with E-state index in [0.29, 0.717) is 11.4 Å². The Morgan fingerprint density at radius 1 is 1.25 bits per heavy atom. The van der Waals surface area contributed by atoms with E-state index >= 15 is 0 Å². The van der Waals surface area contributed by atoms with Crippen LogP contribution in [-0.2, 0) is 6.42 Å². The summed E-state index contributed by atoms with van der Waals surface area (Å²) < 4.78 is 12.7. The molecule has 0 bridgehead atoms. The van der Waals surface area contributed by atoms with Crippen LogP contribution in [-0.4, -0.2) is 0 Å². The Morgan fingerprint density at radius 2 is 1.75 bits per heavy atom. The van der Waals surface area contributed by atoms with E-state index < -0.39 is 0 Å². The Morgan fingerprint density at radius 3 is 2.17 bits per heavy atom. The molecule has 0 radical (unpaired) electrons. The average Bonchev–Trinajstić information content (AvgIpc) is 1.96. The van der Waals surface area contributed by atoms with Crippen molar-refractivity contribution in [1.82, 2.24) is 0 Å². The molecule has 0 spiro atoms. The van der Waals surface area contributed by atoms with Gasteiger partial charge in [-0.2, -0.15) is 0 Å². The molecular formula is C9H13FN2. The molecule has 3 heteroatoms. The van der Waals surface area contributed by atoms with Gasteiger partial charge < -0.3 is 11.5 Å². The molecule has 0 aliphatic carbocycles. The summed E-state index contributed by atoms with van der Waals surface area (Å²) >= 11 is 0. The first kappa shape index (κ1) is 8.84. The third kappa shape index (κ3) is 1.67. The summed E-state index contributed by atoms with van der Waals surface area (Å²) in [5, 5.41) is 0. The molecule has 66 valence electrons. The lowest BCUT2D eigenvalue weighted by Gasteiger charge is -2.07. The lowest BCUT2D eigenvalue weighted by atomic mass is 10.1. The van der Waals surface area contributed by atoms with E-state index in [1.807, 2.05) is 6.92 Å². The molecule has 0 aliphatic heterocycles. The fourth-order valence-electron chi connectivity index (χ4n) is 1.22. The monoisotopic (exact) mass is 168 g/mol. The van der Waals surface area contributed by atoms with Gasteiger partial charge in [-0.25, -0.2) is 4.39 Å².